The number of H-pyrrole nitrogens is 1. The number of pyridine rings is 2. The Kier molecular flexibility index (Phi) is 5.26. The van der Waals surface area contributed by atoms with Gasteiger partial charge < -0.3 is 15.0 Å². The van der Waals surface area contributed by atoms with Crippen LogP contribution in [0.15, 0.2) is 54.9 Å². The van der Waals surface area contributed by atoms with E-state index in [1.54, 1.807) is 18.5 Å². The van der Waals surface area contributed by atoms with Crippen molar-refractivity contribution in [3.8, 4) is 16.9 Å². The molecule has 3 N–H and O–H groups in total. The first kappa shape index (κ1) is 20.7. The van der Waals surface area contributed by atoms with Crippen molar-refractivity contribution in [3.05, 3.63) is 71.9 Å². The van der Waals surface area contributed by atoms with Gasteiger partial charge in [0.2, 0.25) is 0 Å². The molecule has 0 aliphatic rings. The number of hydrogen-bond acceptors (Lipinski definition) is 5. The van der Waals surface area contributed by atoms with Crippen LogP contribution in [0.4, 0.5) is 0 Å². The number of carbonyl (C=O) groups excluding carboxylic acids is 1. The third-order valence-corrected chi connectivity index (χ3v) is 5.93. The minimum Gasteiger partial charge on any atom is -0.492 e. The van der Waals surface area contributed by atoms with Gasteiger partial charge in [-0.05, 0) is 42.3 Å². The van der Waals surface area contributed by atoms with E-state index >= 15 is 0 Å². The molecule has 1 amide bonds. The Morgan fingerprint density at radius 1 is 1.21 bits per heavy atom. The highest BCUT2D eigenvalue weighted by Gasteiger charge is 2.23. The number of nitrogens with two attached hydrogens (primary N) is 1. The molecule has 0 atom stereocenters. The summed E-state index contributed by atoms with van der Waals surface area (Å²) in [5.41, 5.74) is 11.3. The molecule has 0 aliphatic heterocycles. The van der Waals surface area contributed by atoms with Crippen LogP contribution in [0, 0.1) is 0 Å². The molecular formula is C25H24N6O2. The molecule has 0 bridgehead atoms. The zero-order valence-corrected chi connectivity index (χ0v) is 18.5. The average molecular weight is 441 g/mol. The van der Waals surface area contributed by atoms with E-state index in [2.05, 4.69) is 37.7 Å². The summed E-state index contributed by atoms with van der Waals surface area (Å²) >= 11 is 0. The highest BCUT2D eigenvalue weighted by Crippen LogP contribution is 2.42. The van der Waals surface area contributed by atoms with Crippen molar-refractivity contribution in [1.29, 1.82) is 0 Å². The van der Waals surface area contributed by atoms with Crippen molar-refractivity contribution in [2.45, 2.75) is 19.8 Å². The lowest BCUT2D eigenvalue weighted by atomic mass is 9.97. The van der Waals surface area contributed by atoms with Gasteiger partial charge in [-0.25, -0.2) is 4.98 Å². The fraction of sp³-hybridized carbons (Fsp3) is 0.200. The lowest BCUT2D eigenvalue weighted by molar-refractivity contribution is 0.0996. The summed E-state index contributed by atoms with van der Waals surface area (Å²) in [6.45, 7) is 2.61. The molecule has 8 heteroatoms. The van der Waals surface area contributed by atoms with Gasteiger partial charge in [-0.1, -0.05) is 19.1 Å². The van der Waals surface area contributed by atoms with E-state index in [0.717, 1.165) is 51.0 Å². The summed E-state index contributed by atoms with van der Waals surface area (Å²) in [7, 11) is 2.05. The van der Waals surface area contributed by atoms with Crippen LogP contribution >= 0.6 is 0 Å². The molecule has 4 heterocycles. The van der Waals surface area contributed by atoms with Crippen molar-refractivity contribution >= 4 is 27.8 Å². The van der Waals surface area contributed by atoms with E-state index in [1.165, 1.54) is 0 Å². The largest absolute Gasteiger partial charge is 0.492 e. The number of ether oxygens (including phenoxy) is 1. The number of primary amides is 1. The summed E-state index contributed by atoms with van der Waals surface area (Å²) in [4.78, 5) is 20.7. The normalized spacial score (nSPS) is 11.3. The van der Waals surface area contributed by atoms with Gasteiger partial charge in [0, 0.05) is 47.4 Å². The number of aromatic nitrogens is 5. The highest BCUT2D eigenvalue weighted by atomic mass is 16.5. The summed E-state index contributed by atoms with van der Waals surface area (Å²) < 4.78 is 8.46. The number of hydrogen-bond donors (Lipinski definition) is 2. The summed E-state index contributed by atoms with van der Waals surface area (Å²) in [6, 6.07) is 13.7. The molecule has 4 aromatic heterocycles. The fourth-order valence-electron chi connectivity index (χ4n) is 4.41. The van der Waals surface area contributed by atoms with Crippen LogP contribution in [0.1, 0.15) is 28.8 Å². The Hall–Kier alpha value is -4.20. The van der Waals surface area contributed by atoms with E-state index in [9.17, 15) is 4.79 Å². The van der Waals surface area contributed by atoms with Crippen molar-refractivity contribution in [1.82, 2.24) is 24.7 Å². The Morgan fingerprint density at radius 3 is 2.85 bits per heavy atom. The second-order valence-electron chi connectivity index (χ2n) is 7.86. The van der Waals surface area contributed by atoms with Crippen LogP contribution in [0.5, 0.6) is 5.75 Å². The lowest BCUT2D eigenvalue weighted by Gasteiger charge is -2.11. The highest BCUT2D eigenvalue weighted by molar-refractivity contribution is 6.09. The van der Waals surface area contributed by atoms with E-state index in [1.807, 2.05) is 37.4 Å². The first-order valence-electron chi connectivity index (χ1n) is 10.9. The molecule has 5 aromatic rings. The molecule has 0 spiro atoms. The summed E-state index contributed by atoms with van der Waals surface area (Å²) in [5, 5.41) is 8.83. The Morgan fingerprint density at radius 2 is 2.09 bits per heavy atom. The lowest BCUT2D eigenvalue weighted by Crippen LogP contribution is -2.13. The van der Waals surface area contributed by atoms with Crippen LogP contribution in [0.3, 0.4) is 0 Å². The second-order valence-corrected chi connectivity index (χ2v) is 7.86. The number of nitrogens with zero attached hydrogens (tertiary/aromatic N) is 4. The molecule has 0 saturated carbocycles. The number of rotatable bonds is 7. The number of nitrogens with one attached hydrogen (secondary N) is 1. The Bertz CT molecular complexity index is 1470. The van der Waals surface area contributed by atoms with Gasteiger partial charge in [0.05, 0.1) is 18.3 Å². The molecule has 0 fully saturated rings. The van der Waals surface area contributed by atoms with E-state index < -0.39 is 5.91 Å². The molecule has 0 radical (unpaired) electrons. The van der Waals surface area contributed by atoms with Gasteiger partial charge >= 0.3 is 0 Å². The van der Waals surface area contributed by atoms with E-state index in [-0.39, 0.29) is 5.69 Å². The third kappa shape index (κ3) is 3.59. The summed E-state index contributed by atoms with van der Waals surface area (Å²) in [6.07, 6.45) is 5.01. The summed E-state index contributed by atoms with van der Waals surface area (Å²) in [5.74, 6) is 0.195. The quantitative estimate of drug-likeness (QED) is 0.400. The standard InChI is InChI=1S/C25H24N6O2/c1-3-19-22(16-13-18(24(26)32)29-25-17(16)14-28-30-25)23-20(31(19)2)8-6-9-21(23)33-12-10-15-7-4-5-11-27-15/h4-9,11,13-14H,3,10,12H2,1-2H3,(H2,26,32)(H,28,29,30). The van der Waals surface area contributed by atoms with E-state index in [4.69, 9.17) is 10.5 Å². The molecule has 0 saturated heterocycles. The number of aryl methyl sites for hydroxylation is 1. The maximum atomic E-state index is 12.0. The van der Waals surface area contributed by atoms with Crippen LogP contribution in [-0.4, -0.2) is 37.2 Å². The minimum atomic E-state index is -0.585. The number of amides is 1. The predicted octanol–water partition coefficient (Wildman–Crippen LogP) is 3.79. The maximum Gasteiger partial charge on any atom is 0.267 e. The van der Waals surface area contributed by atoms with Gasteiger partial charge in [-0.2, -0.15) is 5.10 Å². The molecule has 8 nitrogen and oxygen atoms in total. The first-order valence-corrected chi connectivity index (χ1v) is 10.9. The van der Waals surface area contributed by atoms with Crippen molar-refractivity contribution in [2.75, 3.05) is 6.61 Å². The van der Waals surface area contributed by atoms with Gasteiger partial charge in [-0.3, -0.25) is 14.9 Å². The average Bonchev–Trinajstić information content (AvgIpc) is 3.42. The smallest absolute Gasteiger partial charge is 0.267 e. The second kappa shape index (κ2) is 8.38. The van der Waals surface area contributed by atoms with Gasteiger partial charge in [0.25, 0.3) is 5.91 Å². The zero-order chi connectivity index (χ0) is 22.9. The molecule has 0 aliphatic carbocycles. The minimum absolute atomic E-state index is 0.189. The number of aromatic amines is 1. The van der Waals surface area contributed by atoms with Crippen molar-refractivity contribution < 1.29 is 9.53 Å². The Balaban J connectivity index is 1.68. The van der Waals surface area contributed by atoms with Gasteiger partial charge in [0.15, 0.2) is 5.65 Å². The number of fused-ring (bicyclic) bond motifs is 2. The zero-order valence-electron chi connectivity index (χ0n) is 18.5. The van der Waals surface area contributed by atoms with Crippen molar-refractivity contribution in [3.63, 3.8) is 0 Å². The first-order chi connectivity index (χ1) is 16.1. The van der Waals surface area contributed by atoms with Crippen LogP contribution in [0.2, 0.25) is 0 Å². The molecule has 1 aromatic carbocycles. The van der Waals surface area contributed by atoms with Crippen LogP contribution in [0.25, 0.3) is 33.1 Å². The maximum absolute atomic E-state index is 12.0. The molecule has 33 heavy (non-hydrogen) atoms. The van der Waals surface area contributed by atoms with Crippen LogP contribution < -0.4 is 10.5 Å². The topological polar surface area (TPSA) is 112 Å². The van der Waals surface area contributed by atoms with Crippen molar-refractivity contribution in [2.24, 2.45) is 12.8 Å². The van der Waals surface area contributed by atoms with Gasteiger partial charge in [-0.15, -0.1) is 0 Å². The molecule has 0 unspecified atom stereocenters. The molecule has 5 rings (SSSR count). The monoisotopic (exact) mass is 440 g/mol. The Labute approximate surface area is 190 Å². The predicted molar refractivity (Wildman–Crippen MR) is 127 cm³/mol. The number of benzene rings is 1. The molecule has 166 valence electrons. The van der Waals surface area contributed by atoms with E-state index in [0.29, 0.717) is 18.7 Å². The van der Waals surface area contributed by atoms with Crippen LogP contribution in [-0.2, 0) is 19.9 Å². The van der Waals surface area contributed by atoms with Gasteiger partial charge in [0.1, 0.15) is 11.4 Å². The SMILES string of the molecule is CCc1c(-c2cc(C(N)=O)nc3[nH]ncc23)c2c(OCCc3ccccn3)cccc2n1C. The molecular weight excluding hydrogens is 416 g/mol. The fourth-order valence-corrected chi connectivity index (χ4v) is 4.41. The third-order valence-electron chi connectivity index (χ3n) is 5.93. The number of carbonyl (C=O) groups is 1.